The summed E-state index contributed by atoms with van der Waals surface area (Å²) in [6.07, 6.45) is 0. The molecule has 0 radical (unpaired) electrons. The highest BCUT2D eigenvalue weighted by atomic mass is 35.5. The monoisotopic (exact) mass is 343 g/mol. The van der Waals surface area contributed by atoms with Crippen LogP contribution in [-0.2, 0) is 15.9 Å². The molecule has 1 aromatic heterocycles. The molecule has 114 valence electrons. The van der Waals surface area contributed by atoms with Gasteiger partial charge in [-0.3, -0.25) is 4.31 Å². The number of benzene rings is 1. The van der Waals surface area contributed by atoms with Gasteiger partial charge in [-0.2, -0.15) is 0 Å². The lowest BCUT2D eigenvalue weighted by Gasteiger charge is -2.22. The van der Waals surface area contributed by atoms with E-state index in [0.29, 0.717) is 22.3 Å². The van der Waals surface area contributed by atoms with Gasteiger partial charge in [0.05, 0.1) is 11.6 Å². The molecular weight excluding hydrogens is 326 g/mol. The Balaban J connectivity index is 2.49. The van der Waals surface area contributed by atoms with Crippen LogP contribution in [0.4, 0.5) is 5.69 Å². The van der Waals surface area contributed by atoms with Crippen LogP contribution in [0.2, 0.25) is 0 Å². The van der Waals surface area contributed by atoms with Crippen molar-refractivity contribution in [2.24, 2.45) is 0 Å². The van der Waals surface area contributed by atoms with Crippen molar-refractivity contribution in [2.45, 2.75) is 30.9 Å². The van der Waals surface area contributed by atoms with Crippen molar-refractivity contribution in [1.82, 2.24) is 0 Å². The van der Waals surface area contributed by atoms with Crippen molar-refractivity contribution in [3.8, 4) is 0 Å². The normalized spacial score (nSPS) is 11.6. The van der Waals surface area contributed by atoms with Gasteiger partial charge in [-0.05, 0) is 50.1 Å². The fourth-order valence-electron chi connectivity index (χ4n) is 2.13. The number of nitrogens with zero attached hydrogens (tertiary/aromatic N) is 1. The van der Waals surface area contributed by atoms with E-state index in [4.69, 9.17) is 11.6 Å². The molecule has 0 amide bonds. The Bertz CT molecular complexity index is 738. The topological polar surface area (TPSA) is 37.4 Å². The van der Waals surface area contributed by atoms with Crippen LogP contribution in [0.5, 0.6) is 0 Å². The molecular formula is C15H18ClNO2S2. The average molecular weight is 344 g/mol. The van der Waals surface area contributed by atoms with Crippen LogP contribution in [0.3, 0.4) is 0 Å². The third-order valence-corrected chi connectivity index (χ3v) is 7.26. The lowest BCUT2D eigenvalue weighted by atomic mass is 10.2. The van der Waals surface area contributed by atoms with E-state index in [9.17, 15) is 8.42 Å². The first kappa shape index (κ1) is 16.3. The molecule has 0 spiro atoms. The van der Waals surface area contributed by atoms with Crippen LogP contribution in [0.15, 0.2) is 34.5 Å². The van der Waals surface area contributed by atoms with Crippen LogP contribution < -0.4 is 4.31 Å². The molecule has 0 aliphatic heterocycles. The number of halogens is 1. The lowest BCUT2D eigenvalue weighted by molar-refractivity contribution is 0.594. The summed E-state index contributed by atoms with van der Waals surface area (Å²) in [4.78, 5) is 0.899. The first-order valence-electron chi connectivity index (χ1n) is 6.64. The van der Waals surface area contributed by atoms with Gasteiger partial charge >= 0.3 is 0 Å². The molecule has 1 aromatic carbocycles. The Morgan fingerprint density at radius 3 is 2.48 bits per heavy atom. The number of hydrogen-bond acceptors (Lipinski definition) is 3. The summed E-state index contributed by atoms with van der Waals surface area (Å²) >= 11 is 7.10. The summed E-state index contributed by atoms with van der Waals surface area (Å²) in [6, 6.07) is 9.22. The third kappa shape index (κ3) is 3.25. The Hall–Kier alpha value is -1.04. The van der Waals surface area contributed by atoms with Crippen molar-refractivity contribution in [3.05, 3.63) is 46.3 Å². The van der Waals surface area contributed by atoms with Crippen molar-refractivity contribution >= 4 is 38.6 Å². The molecule has 1 heterocycles. The largest absolute Gasteiger partial charge is 0.273 e. The molecule has 6 heteroatoms. The summed E-state index contributed by atoms with van der Waals surface area (Å²) in [5, 5.41) is 0. The van der Waals surface area contributed by atoms with Crippen LogP contribution in [0.25, 0.3) is 0 Å². The van der Waals surface area contributed by atoms with Gasteiger partial charge in [0.1, 0.15) is 4.21 Å². The third-order valence-electron chi connectivity index (χ3n) is 3.24. The van der Waals surface area contributed by atoms with Gasteiger partial charge in [-0.15, -0.1) is 22.9 Å². The first-order chi connectivity index (χ1) is 9.90. The predicted octanol–water partition coefficient (Wildman–Crippen LogP) is 4.32. The number of sulfonamides is 1. The molecule has 0 aliphatic rings. The van der Waals surface area contributed by atoms with Crippen molar-refractivity contribution < 1.29 is 8.42 Å². The zero-order valence-corrected chi connectivity index (χ0v) is 14.6. The summed E-state index contributed by atoms with van der Waals surface area (Å²) in [5.74, 6) is 0.336. The highest BCUT2D eigenvalue weighted by molar-refractivity contribution is 7.94. The first-order valence-corrected chi connectivity index (χ1v) is 9.44. The molecule has 21 heavy (non-hydrogen) atoms. The van der Waals surface area contributed by atoms with Crippen molar-refractivity contribution in [1.29, 1.82) is 0 Å². The van der Waals surface area contributed by atoms with Crippen LogP contribution >= 0.6 is 22.9 Å². The van der Waals surface area contributed by atoms with Crippen LogP contribution in [-0.4, -0.2) is 15.0 Å². The fourth-order valence-corrected chi connectivity index (χ4v) is 5.53. The minimum Gasteiger partial charge on any atom is -0.266 e. The van der Waals surface area contributed by atoms with Gasteiger partial charge in [0.2, 0.25) is 0 Å². The molecule has 3 nitrogen and oxygen atoms in total. The molecule has 0 saturated carbocycles. The zero-order chi connectivity index (χ0) is 15.6. The van der Waals surface area contributed by atoms with E-state index in [1.807, 2.05) is 45.0 Å². The smallest absolute Gasteiger partial charge is 0.266 e. The number of rotatable bonds is 5. The Kier molecular flexibility index (Phi) is 4.96. The summed E-state index contributed by atoms with van der Waals surface area (Å²) in [6.45, 7) is 6.06. The lowest BCUT2D eigenvalue weighted by Crippen LogP contribution is -2.30. The van der Waals surface area contributed by atoms with E-state index in [2.05, 4.69) is 0 Å². The number of anilines is 1. The Morgan fingerprint density at radius 2 is 1.95 bits per heavy atom. The van der Waals surface area contributed by atoms with Crippen molar-refractivity contribution in [3.63, 3.8) is 0 Å². The molecule has 2 aromatic rings. The Morgan fingerprint density at radius 1 is 1.24 bits per heavy atom. The SMILES string of the molecule is CCN(c1cccc(C)c1)S(=O)(=O)c1cc(C)c(CCl)s1. The quantitative estimate of drug-likeness (QED) is 0.758. The van der Waals surface area contributed by atoms with Gasteiger partial charge in [0.25, 0.3) is 10.0 Å². The maximum Gasteiger partial charge on any atom is 0.273 e. The van der Waals surface area contributed by atoms with E-state index < -0.39 is 10.0 Å². The van der Waals surface area contributed by atoms with E-state index >= 15 is 0 Å². The molecule has 0 saturated heterocycles. The zero-order valence-electron chi connectivity index (χ0n) is 12.3. The molecule has 0 unspecified atom stereocenters. The van der Waals surface area contributed by atoms with Crippen LogP contribution in [0, 0.1) is 13.8 Å². The molecule has 0 atom stereocenters. The average Bonchev–Trinajstić information content (AvgIpc) is 2.81. The highest BCUT2D eigenvalue weighted by Crippen LogP contribution is 2.32. The molecule has 2 rings (SSSR count). The minimum absolute atomic E-state index is 0.336. The van der Waals surface area contributed by atoms with E-state index in [1.165, 1.54) is 15.6 Å². The summed E-state index contributed by atoms with van der Waals surface area (Å²) in [7, 11) is -3.54. The predicted molar refractivity (Wildman–Crippen MR) is 90.0 cm³/mol. The Labute approximate surface area is 135 Å². The van der Waals surface area contributed by atoms with Gasteiger partial charge in [-0.1, -0.05) is 12.1 Å². The number of alkyl halides is 1. The summed E-state index contributed by atoms with van der Waals surface area (Å²) in [5.41, 5.74) is 2.65. The highest BCUT2D eigenvalue weighted by Gasteiger charge is 2.26. The van der Waals surface area contributed by atoms with Gasteiger partial charge in [0.15, 0.2) is 0 Å². The standard InChI is InChI=1S/C15H18ClNO2S2/c1-4-17(13-7-5-6-11(2)8-13)21(18,19)15-9-12(3)14(10-16)20-15/h5-9H,4,10H2,1-3H3. The number of thiophene rings is 1. The van der Waals surface area contributed by atoms with E-state index in [1.54, 1.807) is 6.07 Å². The number of aryl methyl sites for hydroxylation is 2. The second-order valence-corrected chi connectivity index (χ2v) is 8.31. The number of hydrogen-bond donors (Lipinski definition) is 0. The second-order valence-electron chi connectivity index (χ2n) is 4.81. The molecule has 0 bridgehead atoms. The van der Waals surface area contributed by atoms with Gasteiger partial charge < -0.3 is 0 Å². The molecule has 0 N–H and O–H groups in total. The minimum atomic E-state index is -3.54. The van der Waals surface area contributed by atoms with Gasteiger partial charge in [-0.25, -0.2) is 8.42 Å². The maximum absolute atomic E-state index is 12.8. The molecule has 0 fully saturated rings. The van der Waals surface area contributed by atoms with Gasteiger partial charge in [0, 0.05) is 11.4 Å². The molecule has 0 aliphatic carbocycles. The van der Waals surface area contributed by atoms with Crippen LogP contribution in [0.1, 0.15) is 22.9 Å². The van der Waals surface area contributed by atoms with E-state index in [0.717, 1.165) is 16.0 Å². The second kappa shape index (κ2) is 6.38. The maximum atomic E-state index is 12.8. The van der Waals surface area contributed by atoms with Crippen molar-refractivity contribution in [2.75, 3.05) is 10.8 Å². The fraction of sp³-hybridized carbons (Fsp3) is 0.333. The van der Waals surface area contributed by atoms with E-state index in [-0.39, 0.29) is 0 Å². The summed E-state index contributed by atoms with van der Waals surface area (Å²) < 4.78 is 27.5.